The molecule has 0 saturated heterocycles. The highest BCUT2D eigenvalue weighted by Crippen LogP contribution is 2.34. The predicted molar refractivity (Wildman–Crippen MR) is 75.6 cm³/mol. The Kier molecular flexibility index (Phi) is 2.81. The zero-order chi connectivity index (χ0) is 12.5. The molecule has 0 amide bonds. The second-order valence-corrected chi connectivity index (χ2v) is 5.06. The summed E-state index contributed by atoms with van der Waals surface area (Å²) in [4.78, 5) is 4.23. The monoisotopic (exact) mass is 276 g/mol. The van der Waals surface area contributed by atoms with Crippen LogP contribution in [-0.2, 0) is 0 Å². The van der Waals surface area contributed by atoms with Crippen molar-refractivity contribution in [1.82, 2.24) is 4.98 Å². The smallest absolute Gasteiger partial charge is 0.152 e. The quantitative estimate of drug-likeness (QED) is 0.709. The van der Waals surface area contributed by atoms with Crippen molar-refractivity contribution in [3.05, 3.63) is 46.9 Å². The number of aromatic nitrogens is 1. The van der Waals surface area contributed by atoms with Crippen LogP contribution in [0, 0.1) is 0 Å². The molecule has 3 rings (SSSR count). The summed E-state index contributed by atoms with van der Waals surface area (Å²) in [7, 11) is 0. The minimum Gasteiger partial charge on any atom is -0.455 e. The molecule has 2 aromatic carbocycles. The summed E-state index contributed by atoms with van der Waals surface area (Å²) in [6.45, 7) is 0. The van der Waals surface area contributed by atoms with Crippen LogP contribution in [0.2, 0.25) is 5.02 Å². The number of rotatable bonds is 2. The molecule has 0 unspecified atom stereocenters. The van der Waals surface area contributed by atoms with Gasteiger partial charge < -0.3 is 10.5 Å². The number of benzene rings is 2. The van der Waals surface area contributed by atoms with E-state index >= 15 is 0 Å². The number of halogens is 1. The van der Waals surface area contributed by atoms with Crippen molar-refractivity contribution in [2.45, 2.75) is 0 Å². The topological polar surface area (TPSA) is 48.1 Å². The Morgan fingerprint density at radius 3 is 2.67 bits per heavy atom. The Morgan fingerprint density at radius 1 is 1.11 bits per heavy atom. The number of nitrogens with two attached hydrogens (primary N) is 1. The molecule has 18 heavy (non-hydrogen) atoms. The predicted octanol–water partition coefficient (Wildman–Crippen LogP) is 4.32. The maximum Gasteiger partial charge on any atom is 0.152 e. The van der Waals surface area contributed by atoms with Gasteiger partial charge in [-0.2, -0.15) is 0 Å². The van der Waals surface area contributed by atoms with Crippen LogP contribution in [0.3, 0.4) is 0 Å². The first-order chi connectivity index (χ1) is 8.74. The summed E-state index contributed by atoms with van der Waals surface area (Å²) in [6.07, 6.45) is 0. The van der Waals surface area contributed by atoms with Crippen molar-refractivity contribution >= 4 is 38.8 Å². The number of hydrogen-bond acceptors (Lipinski definition) is 4. The number of ether oxygens (including phenoxy) is 1. The molecule has 0 aliphatic rings. The maximum atomic E-state index is 6.03. The minimum atomic E-state index is 0.559. The van der Waals surface area contributed by atoms with Crippen molar-refractivity contribution < 1.29 is 4.74 Å². The average Bonchev–Trinajstić information content (AvgIpc) is 2.84. The van der Waals surface area contributed by atoms with Gasteiger partial charge in [-0.05, 0) is 36.4 Å². The van der Waals surface area contributed by atoms with E-state index in [-0.39, 0.29) is 0 Å². The SMILES string of the molecule is Nc1c(Oc2ccc(Cl)cc2)ccc2scnc12. The van der Waals surface area contributed by atoms with Gasteiger partial charge >= 0.3 is 0 Å². The van der Waals surface area contributed by atoms with Crippen molar-refractivity contribution in [3.8, 4) is 11.5 Å². The van der Waals surface area contributed by atoms with Crippen molar-refractivity contribution in [1.29, 1.82) is 0 Å². The summed E-state index contributed by atoms with van der Waals surface area (Å²) in [5, 5.41) is 0.672. The van der Waals surface area contributed by atoms with Gasteiger partial charge in [0.1, 0.15) is 17.0 Å². The molecular weight excluding hydrogens is 268 g/mol. The fourth-order valence-electron chi connectivity index (χ4n) is 1.65. The van der Waals surface area contributed by atoms with E-state index < -0.39 is 0 Å². The van der Waals surface area contributed by atoms with Gasteiger partial charge in [-0.1, -0.05) is 11.6 Å². The first-order valence-corrected chi connectivity index (χ1v) is 6.55. The molecule has 0 atom stereocenters. The van der Waals surface area contributed by atoms with E-state index in [1.54, 1.807) is 41.1 Å². The molecule has 5 heteroatoms. The average molecular weight is 277 g/mol. The fourth-order valence-corrected chi connectivity index (χ4v) is 2.47. The van der Waals surface area contributed by atoms with E-state index in [9.17, 15) is 0 Å². The summed E-state index contributed by atoms with van der Waals surface area (Å²) < 4.78 is 6.77. The van der Waals surface area contributed by atoms with Crippen LogP contribution in [0.4, 0.5) is 5.69 Å². The van der Waals surface area contributed by atoms with E-state index in [0.29, 0.717) is 22.2 Å². The summed E-state index contributed by atoms with van der Waals surface area (Å²) in [5.41, 5.74) is 9.15. The van der Waals surface area contributed by atoms with Gasteiger partial charge in [0.2, 0.25) is 0 Å². The highest BCUT2D eigenvalue weighted by atomic mass is 35.5. The Balaban J connectivity index is 1.99. The molecular formula is C13H9ClN2OS. The molecule has 0 radical (unpaired) electrons. The molecule has 0 aliphatic heterocycles. The zero-order valence-electron chi connectivity index (χ0n) is 9.26. The van der Waals surface area contributed by atoms with Gasteiger partial charge in [0.15, 0.2) is 5.75 Å². The Bertz CT molecular complexity index is 694. The molecule has 2 N–H and O–H groups in total. The number of thiazole rings is 1. The van der Waals surface area contributed by atoms with Gasteiger partial charge in [0.25, 0.3) is 0 Å². The van der Waals surface area contributed by atoms with Crippen LogP contribution < -0.4 is 10.5 Å². The van der Waals surface area contributed by atoms with Crippen molar-refractivity contribution in [3.63, 3.8) is 0 Å². The summed E-state index contributed by atoms with van der Waals surface area (Å²) in [5.74, 6) is 1.30. The van der Waals surface area contributed by atoms with Gasteiger partial charge in [0.05, 0.1) is 10.2 Å². The van der Waals surface area contributed by atoms with Crippen LogP contribution in [-0.4, -0.2) is 4.98 Å². The summed E-state index contributed by atoms with van der Waals surface area (Å²) >= 11 is 7.37. The lowest BCUT2D eigenvalue weighted by molar-refractivity contribution is 0.485. The lowest BCUT2D eigenvalue weighted by atomic mass is 10.2. The standard InChI is InChI=1S/C13H9ClN2OS/c14-8-1-3-9(4-2-8)17-10-5-6-11-13(12(10)15)16-7-18-11/h1-7H,15H2. The largest absolute Gasteiger partial charge is 0.455 e. The van der Waals surface area contributed by atoms with E-state index in [2.05, 4.69) is 4.98 Å². The number of nitrogens with zero attached hydrogens (tertiary/aromatic N) is 1. The Hall–Kier alpha value is -1.78. The third kappa shape index (κ3) is 2.00. The number of fused-ring (bicyclic) bond motifs is 1. The second kappa shape index (κ2) is 4.48. The third-order valence-electron chi connectivity index (χ3n) is 2.54. The van der Waals surface area contributed by atoms with E-state index in [4.69, 9.17) is 22.1 Å². The van der Waals surface area contributed by atoms with E-state index in [0.717, 1.165) is 10.2 Å². The van der Waals surface area contributed by atoms with Crippen LogP contribution in [0.15, 0.2) is 41.9 Å². The van der Waals surface area contributed by atoms with Crippen LogP contribution in [0.1, 0.15) is 0 Å². The highest BCUT2D eigenvalue weighted by Gasteiger charge is 2.08. The van der Waals surface area contributed by atoms with Gasteiger partial charge in [-0.25, -0.2) is 4.98 Å². The van der Waals surface area contributed by atoms with Gasteiger partial charge in [-0.3, -0.25) is 0 Å². The maximum absolute atomic E-state index is 6.03. The van der Waals surface area contributed by atoms with Crippen LogP contribution >= 0.6 is 22.9 Å². The molecule has 3 aromatic rings. The van der Waals surface area contributed by atoms with Crippen LogP contribution in [0.5, 0.6) is 11.5 Å². The van der Waals surface area contributed by atoms with E-state index in [1.807, 2.05) is 12.1 Å². The fraction of sp³-hybridized carbons (Fsp3) is 0. The number of anilines is 1. The molecule has 1 aromatic heterocycles. The molecule has 0 fully saturated rings. The first-order valence-electron chi connectivity index (χ1n) is 5.29. The van der Waals surface area contributed by atoms with Crippen molar-refractivity contribution in [2.24, 2.45) is 0 Å². The Labute approximate surface area is 113 Å². The molecule has 1 heterocycles. The first kappa shape index (κ1) is 11.3. The number of hydrogen-bond donors (Lipinski definition) is 1. The van der Waals surface area contributed by atoms with Gasteiger partial charge in [0, 0.05) is 5.02 Å². The molecule has 0 bridgehead atoms. The Morgan fingerprint density at radius 2 is 1.89 bits per heavy atom. The lowest BCUT2D eigenvalue weighted by Crippen LogP contribution is -1.93. The van der Waals surface area contributed by atoms with Crippen molar-refractivity contribution in [2.75, 3.05) is 5.73 Å². The molecule has 3 nitrogen and oxygen atoms in total. The van der Waals surface area contributed by atoms with Crippen LogP contribution in [0.25, 0.3) is 10.2 Å². The number of nitrogen functional groups attached to an aromatic ring is 1. The zero-order valence-corrected chi connectivity index (χ0v) is 10.8. The summed E-state index contributed by atoms with van der Waals surface area (Å²) in [6, 6.07) is 10.9. The normalized spacial score (nSPS) is 10.7. The lowest BCUT2D eigenvalue weighted by Gasteiger charge is -2.08. The van der Waals surface area contributed by atoms with Gasteiger partial charge in [-0.15, -0.1) is 11.3 Å². The molecule has 0 saturated carbocycles. The highest BCUT2D eigenvalue weighted by molar-refractivity contribution is 7.16. The minimum absolute atomic E-state index is 0.559. The third-order valence-corrected chi connectivity index (χ3v) is 3.59. The van der Waals surface area contributed by atoms with E-state index in [1.165, 1.54) is 0 Å². The second-order valence-electron chi connectivity index (χ2n) is 3.73. The molecule has 90 valence electrons. The molecule has 0 spiro atoms. The molecule has 0 aliphatic carbocycles.